The highest BCUT2D eigenvalue weighted by Crippen LogP contribution is 2.22. The lowest BCUT2D eigenvalue weighted by Crippen LogP contribution is -2.27. The maximum atomic E-state index is 12.0. The van der Waals surface area contributed by atoms with Gasteiger partial charge < -0.3 is 10.1 Å². The van der Waals surface area contributed by atoms with Gasteiger partial charge >= 0.3 is 0 Å². The Labute approximate surface area is 223 Å². The van der Waals surface area contributed by atoms with Gasteiger partial charge in [0.2, 0.25) is 10.0 Å². The summed E-state index contributed by atoms with van der Waals surface area (Å²) in [6.07, 6.45) is 7.78. The second-order valence-corrected chi connectivity index (χ2v) is 11.5. The number of hydrogen-bond donors (Lipinski definition) is 1. The van der Waals surface area contributed by atoms with Gasteiger partial charge in [-0.3, -0.25) is 9.21 Å². The van der Waals surface area contributed by atoms with Crippen molar-refractivity contribution in [2.45, 2.75) is 25.8 Å². The van der Waals surface area contributed by atoms with Crippen LogP contribution in [0.2, 0.25) is 0 Å². The Morgan fingerprint density at radius 1 is 1.08 bits per heavy atom. The summed E-state index contributed by atoms with van der Waals surface area (Å²) in [5, 5.41) is 8.02. The summed E-state index contributed by atoms with van der Waals surface area (Å²) in [7, 11) is -1.93. The summed E-state index contributed by atoms with van der Waals surface area (Å²) in [6, 6.07) is 15.6. The normalized spacial score (nSPS) is 14.2. The topological polar surface area (TPSA) is 105 Å². The van der Waals surface area contributed by atoms with Crippen molar-refractivity contribution in [2.75, 3.05) is 49.2 Å². The molecule has 3 aromatic heterocycles. The van der Waals surface area contributed by atoms with E-state index >= 15 is 0 Å². The number of nitrogens with zero attached hydrogens (tertiary/aromatic N) is 6. The first-order valence-electron chi connectivity index (χ1n) is 12.8. The Balaban J connectivity index is 1.24. The number of nitrogens with one attached hydrogen (secondary N) is 1. The molecule has 0 saturated carbocycles. The number of rotatable bonds is 11. The van der Waals surface area contributed by atoms with Crippen molar-refractivity contribution < 1.29 is 13.2 Å². The lowest BCUT2D eigenvalue weighted by molar-refractivity contribution is 0.238. The average Bonchev–Trinajstić information content (AvgIpc) is 3.57. The second-order valence-electron chi connectivity index (χ2n) is 9.51. The first-order chi connectivity index (χ1) is 18.4. The van der Waals surface area contributed by atoms with Crippen molar-refractivity contribution in [2.24, 2.45) is 0 Å². The van der Waals surface area contributed by atoms with Crippen LogP contribution in [0.5, 0.6) is 5.75 Å². The third kappa shape index (κ3) is 6.22. The monoisotopic (exact) mass is 535 g/mol. The smallest absolute Gasteiger partial charge is 0.233 e. The maximum Gasteiger partial charge on any atom is 0.233 e. The summed E-state index contributed by atoms with van der Waals surface area (Å²) >= 11 is 0. The Kier molecular flexibility index (Phi) is 7.75. The van der Waals surface area contributed by atoms with Gasteiger partial charge in [-0.05, 0) is 61.8 Å². The van der Waals surface area contributed by atoms with Gasteiger partial charge in [0.05, 0.1) is 11.9 Å². The summed E-state index contributed by atoms with van der Waals surface area (Å²) in [6.45, 7) is 4.41. The van der Waals surface area contributed by atoms with Crippen LogP contribution in [0.3, 0.4) is 0 Å². The van der Waals surface area contributed by atoms with Gasteiger partial charge in [0.25, 0.3) is 0 Å². The Morgan fingerprint density at radius 2 is 1.87 bits per heavy atom. The van der Waals surface area contributed by atoms with E-state index in [0.717, 1.165) is 35.4 Å². The van der Waals surface area contributed by atoms with E-state index in [0.29, 0.717) is 36.9 Å². The zero-order valence-corrected chi connectivity index (χ0v) is 22.6. The predicted molar refractivity (Wildman–Crippen MR) is 148 cm³/mol. The molecule has 1 fully saturated rings. The third-order valence-corrected chi connectivity index (χ3v) is 7.87. The maximum absolute atomic E-state index is 12.0. The van der Waals surface area contributed by atoms with Gasteiger partial charge in [-0.25, -0.2) is 22.9 Å². The van der Waals surface area contributed by atoms with Crippen molar-refractivity contribution in [3.63, 3.8) is 0 Å². The number of likely N-dealkylation sites (tertiary alicyclic amines) is 1. The Morgan fingerprint density at radius 3 is 2.63 bits per heavy atom. The minimum Gasteiger partial charge on any atom is -0.492 e. The van der Waals surface area contributed by atoms with Gasteiger partial charge in [-0.15, -0.1) is 0 Å². The Bertz CT molecular complexity index is 1480. The number of aromatic nitrogens is 4. The van der Waals surface area contributed by atoms with E-state index in [1.165, 1.54) is 37.3 Å². The molecule has 200 valence electrons. The van der Waals surface area contributed by atoms with Gasteiger partial charge in [0, 0.05) is 44.5 Å². The molecule has 5 rings (SSSR count). The molecule has 1 saturated heterocycles. The molecule has 0 radical (unpaired) electrons. The molecule has 1 aliphatic rings. The lowest BCUT2D eigenvalue weighted by atomic mass is 10.1. The molecule has 10 nitrogen and oxygen atoms in total. The molecule has 0 amide bonds. The van der Waals surface area contributed by atoms with E-state index in [-0.39, 0.29) is 0 Å². The molecule has 4 aromatic rings. The number of hydrogen-bond acceptors (Lipinski definition) is 8. The minimum atomic E-state index is -3.43. The van der Waals surface area contributed by atoms with Crippen LogP contribution in [0.25, 0.3) is 5.65 Å². The fourth-order valence-electron chi connectivity index (χ4n) is 4.55. The summed E-state index contributed by atoms with van der Waals surface area (Å²) in [5.41, 5.74) is 3.35. The number of benzene rings is 1. The summed E-state index contributed by atoms with van der Waals surface area (Å²) in [5.74, 6) is 1.97. The number of ether oxygens (including phenoxy) is 1. The largest absolute Gasteiger partial charge is 0.492 e. The second kappa shape index (κ2) is 11.4. The highest BCUT2D eigenvalue weighted by atomic mass is 32.2. The van der Waals surface area contributed by atoms with Crippen LogP contribution >= 0.6 is 0 Å². The molecular formula is C27H33N7O3S. The first-order valence-corrected chi connectivity index (χ1v) is 14.6. The van der Waals surface area contributed by atoms with Crippen LogP contribution in [-0.4, -0.2) is 72.4 Å². The first kappa shape index (κ1) is 25.9. The van der Waals surface area contributed by atoms with E-state index in [1.807, 2.05) is 36.5 Å². The quantitative estimate of drug-likeness (QED) is 0.312. The van der Waals surface area contributed by atoms with E-state index in [1.54, 1.807) is 16.8 Å². The SMILES string of the molecule is CN(c1ncccc1CNc1cccn2nc(Cc3ccc(OCCN4CCCC4)cc3)nc12)S(C)(=O)=O. The molecule has 1 aliphatic heterocycles. The fourth-order valence-corrected chi connectivity index (χ4v) is 5.03. The van der Waals surface area contributed by atoms with Crippen molar-refractivity contribution >= 4 is 27.2 Å². The van der Waals surface area contributed by atoms with E-state index in [2.05, 4.69) is 32.4 Å². The molecular weight excluding hydrogens is 502 g/mol. The van der Waals surface area contributed by atoms with Crippen molar-refractivity contribution in [1.29, 1.82) is 0 Å². The molecule has 0 aliphatic carbocycles. The van der Waals surface area contributed by atoms with Crippen molar-refractivity contribution in [1.82, 2.24) is 24.5 Å². The number of sulfonamides is 1. The van der Waals surface area contributed by atoms with Crippen LogP contribution in [0.4, 0.5) is 11.5 Å². The van der Waals surface area contributed by atoms with E-state index < -0.39 is 10.0 Å². The van der Waals surface area contributed by atoms with Crippen molar-refractivity contribution in [3.8, 4) is 5.75 Å². The molecule has 38 heavy (non-hydrogen) atoms. The molecule has 1 N–H and O–H groups in total. The standard InChI is InChI=1S/C27H33N7O3S/c1-32(38(2,35)36)26-22(7-5-13-28-26)20-29-24-8-6-16-34-27(24)30-25(31-34)19-21-9-11-23(12-10-21)37-18-17-33-14-3-4-15-33/h5-13,16,29H,3-4,14-15,17-20H2,1-2H3. The van der Waals surface area contributed by atoms with Crippen LogP contribution in [0.15, 0.2) is 60.9 Å². The van der Waals surface area contributed by atoms with Crippen LogP contribution in [-0.2, 0) is 23.0 Å². The summed E-state index contributed by atoms with van der Waals surface area (Å²) in [4.78, 5) is 11.5. The zero-order valence-electron chi connectivity index (χ0n) is 21.7. The van der Waals surface area contributed by atoms with Crippen LogP contribution < -0.4 is 14.4 Å². The predicted octanol–water partition coefficient (Wildman–Crippen LogP) is 3.20. The average molecular weight is 536 g/mol. The van der Waals surface area contributed by atoms with Crippen molar-refractivity contribution in [3.05, 3.63) is 77.9 Å². The van der Waals surface area contributed by atoms with Crippen LogP contribution in [0.1, 0.15) is 29.8 Å². The lowest BCUT2D eigenvalue weighted by Gasteiger charge is -2.19. The van der Waals surface area contributed by atoms with Gasteiger partial charge in [-0.2, -0.15) is 5.10 Å². The summed E-state index contributed by atoms with van der Waals surface area (Å²) < 4.78 is 32.9. The molecule has 0 spiro atoms. The molecule has 0 bridgehead atoms. The van der Waals surface area contributed by atoms with E-state index in [4.69, 9.17) is 9.72 Å². The van der Waals surface area contributed by atoms with Gasteiger partial charge in [-0.1, -0.05) is 18.2 Å². The molecule has 4 heterocycles. The molecule has 0 atom stereocenters. The fraction of sp³-hybridized carbons (Fsp3) is 0.370. The molecule has 0 unspecified atom stereocenters. The zero-order chi connectivity index (χ0) is 26.5. The minimum absolute atomic E-state index is 0.379. The highest BCUT2D eigenvalue weighted by Gasteiger charge is 2.17. The van der Waals surface area contributed by atoms with E-state index in [9.17, 15) is 8.42 Å². The number of pyridine rings is 2. The number of anilines is 2. The van der Waals surface area contributed by atoms with Gasteiger partial charge in [0.1, 0.15) is 18.2 Å². The van der Waals surface area contributed by atoms with Gasteiger partial charge in [0.15, 0.2) is 11.5 Å². The highest BCUT2D eigenvalue weighted by molar-refractivity contribution is 7.92. The molecule has 1 aromatic carbocycles. The van der Waals surface area contributed by atoms with Crippen LogP contribution in [0, 0.1) is 0 Å². The molecule has 11 heteroatoms. The Hall–Kier alpha value is -3.70. The third-order valence-electron chi connectivity index (χ3n) is 6.70. The number of fused-ring (bicyclic) bond motifs is 1.